The molecule has 5 heteroatoms. The smallest absolute Gasteiger partial charge is 0.337 e. The van der Waals surface area contributed by atoms with Crippen molar-refractivity contribution >= 4 is 5.97 Å². The lowest BCUT2D eigenvalue weighted by molar-refractivity contribution is 0.0697. The number of pyridine rings is 1. The first-order chi connectivity index (χ1) is 13.7. The fraction of sp³-hybridized carbons (Fsp3) is 0.174. The SMILES string of the molecule is N#Cc1cc(-c2ncccc2C(=O)O)ccc1OCCCCc1ccccc1. The van der Waals surface area contributed by atoms with Gasteiger partial charge in [-0.3, -0.25) is 4.98 Å². The number of rotatable bonds is 8. The topological polar surface area (TPSA) is 83.2 Å². The molecular weight excluding hydrogens is 352 g/mol. The number of nitrogens with zero attached hydrogens (tertiary/aromatic N) is 2. The van der Waals surface area contributed by atoms with Crippen molar-refractivity contribution in [1.82, 2.24) is 4.98 Å². The van der Waals surface area contributed by atoms with Crippen molar-refractivity contribution in [3.05, 3.63) is 83.6 Å². The molecule has 0 atom stereocenters. The first kappa shape index (κ1) is 19.1. The summed E-state index contributed by atoms with van der Waals surface area (Å²) in [6, 6.07) is 20.5. The lowest BCUT2D eigenvalue weighted by atomic mass is 10.0. The number of carboxylic acids is 1. The van der Waals surface area contributed by atoms with Crippen molar-refractivity contribution in [2.75, 3.05) is 6.61 Å². The summed E-state index contributed by atoms with van der Waals surface area (Å²) < 4.78 is 5.78. The zero-order valence-corrected chi connectivity index (χ0v) is 15.3. The summed E-state index contributed by atoms with van der Waals surface area (Å²) in [5, 5.41) is 18.8. The highest BCUT2D eigenvalue weighted by Crippen LogP contribution is 2.27. The molecule has 0 amide bonds. The van der Waals surface area contributed by atoms with Gasteiger partial charge in [0.1, 0.15) is 11.8 Å². The number of carboxylic acid groups (broad SMARTS) is 1. The Morgan fingerprint density at radius 2 is 1.89 bits per heavy atom. The van der Waals surface area contributed by atoms with Gasteiger partial charge in [-0.1, -0.05) is 30.3 Å². The van der Waals surface area contributed by atoms with E-state index in [0.29, 0.717) is 29.2 Å². The number of hydrogen-bond donors (Lipinski definition) is 1. The molecule has 0 radical (unpaired) electrons. The van der Waals surface area contributed by atoms with Gasteiger partial charge < -0.3 is 9.84 Å². The Hall–Kier alpha value is -3.65. The summed E-state index contributed by atoms with van der Waals surface area (Å²) in [4.78, 5) is 15.6. The van der Waals surface area contributed by atoms with E-state index in [0.717, 1.165) is 19.3 Å². The number of benzene rings is 2. The quantitative estimate of drug-likeness (QED) is 0.579. The molecule has 28 heavy (non-hydrogen) atoms. The third-order valence-electron chi connectivity index (χ3n) is 4.37. The van der Waals surface area contributed by atoms with Gasteiger partial charge in [-0.05, 0) is 55.2 Å². The van der Waals surface area contributed by atoms with Gasteiger partial charge in [0.15, 0.2) is 0 Å². The highest BCUT2D eigenvalue weighted by atomic mass is 16.5. The minimum Gasteiger partial charge on any atom is -0.492 e. The van der Waals surface area contributed by atoms with E-state index in [1.54, 1.807) is 24.3 Å². The van der Waals surface area contributed by atoms with Crippen molar-refractivity contribution in [3.8, 4) is 23.1 Å². The van der Waals surface area contributed by atoms with Gasteiger partial charge in [0.25, 0.3) is 0 Å². The number of aryl methyl sites for hydroxylation is 1. The van der Waals surface area contributed by atoms with Gasteiger partial charge in [-0.15, -0.1) is 0 Å². The Morgan fingerprint density at radius 1 is 1.07 bits per heavy atom. The van der Waals surface area contributed by atoms with E-state index < -0.39 is 5.97 Å². The van der Waals surface area contributed by atoms with Gasteiger partial charge in [-0.25, -0.2) is 4.79 Å². The first-order valence-corrected chi connectivity index (χ1v) is 9.08. The molecule has 0 bridgehead atoms. The number of aromatic nitrogens is 1. The van der Waals surface area contributed by atoms with Crippen LogP contribution in [0.4, 0.5) is 0 Å². The van der Waals surface area contributed by atoms with Crippen molar-refractivity contribution in [3.63, 3.8) is 0 Å². The molecule has 1 heterocycles. The molecular formula is C23H20N2O3. The van der Waals surface area contributed by atoms with Gasteiger partial charge >= 0.3 is 5.97 Å². The minimum atomic E-state index is -1.06. The van der Waals surface area contributed by atoms with Crippen LogP contribution in [0.15, 0.2) is 66.9 Å². The Morgan fingerprint density at radius 3 is 2.64 bits per heavy atom. The molecule has 3 rings (SSSR count). The number of ether oxygens (including phenoxy) is 1. The summed E-state index contributed by atoms with van der Waals surface area (Å²) in [6.45, 7) is 0.519. The van der Waals surface area contributed by atoms with Crippen LogP contribution < -0.4 is 4.74 Å². The van der Waals surface area contributed by atoms with E-state index >= 15 is 0 Å². The summed E-state index contributed by atoms with van der Waals surface area (Å²) in [5.74, 6) is -0.556. The van der Waals surface area contributed by atoms with Gasteiger partial charge in [-0.2, -0.15) is 5.26 Å². The molecule has 0 saturated carbocycles. The molecule has 2 aromatic carbocycles. The maximum atomic E-state index is 11.4. The van der Waals surface area contributed by atoms with Crippen molar-refractivity contribution in [2.45, 2.75) is 19.3 Å². The van der Waals surface area contributed by atoms with Crippen LogP contribution in [0.2, 0.25) is 0 Å². The molecule has 0 aliphatic heterocycles. The van der Waals surface area contributed by atoms with Crippen LogP contribution >= 0.6 is 0 Å². The molecule has 3 aromatic rings. The first-order valence-electron chi connectivity index (χ1n) is 9.08. The Labute approximate surface area is 163 Å². The lowest BCUT2D eigenvalue weighted by Gasteiger charge is -2.10. The normalized spacial score (nSPS) is 10.2. The summed E-state index contributed by atoms with van der Waals surface area (Å²) in [7, 11) is 0. The average molecular weight is 372 g/mol. The van der Waals surface area contributed by atoms with Gasteiger partial charge in [0.05, 0.1) is 23.4 Å². The highest BCUT2D eigenvalue weighted by Gasteiger charge is 2.14. The zero-order chi connectivity index (χ0) is 19.8. The largest absolute Gasteiger partial charge is 0.492 e. The van der Waals surface area contributed by atoms with E-state index in [1.165, 1.54) is 17.8 Å². The van der Waals surface area contributed by atoms with E-state index in [-0.39, 0.29) is 5.56 Å². The molecule has 0 aliphatic rings. The van der Waals surface area contributed by atoms with Crippen LogP contribution in [-0.2, 0) is 6.42 Å². The van der Waals surface area contributed by atoms with E-state index in [4.69, 9.17) is 4.74 Å². The summed E-state index contributed by atoms with van der Waals surface area (Å²) in [6.07, 6.45) is 4.40. The minimum absolute atomic E-state index is 0.0981. The predicted octanol–water partition coefficient (Wildman–Crippen LogP) is 4.72. The second-order valence-corrected chi connectivity index (χ2v) is 6.32. The number of unbranched alkanes of at least 4 members (excludes halogenated alkanes) is 1. The van der Waals surface area contributed by atoms with Crippen LogP contribution in [0.3, 0.4) is 0 Å². The van der Waals surface area contributed by atoms with Crippen LogP contribution in [0.1, 0.15) is 34.3 Å². The molecule has 140 valence electrons. The standard InChI is InChI=1S/C23H20N2O3/c24-16-19-15-18(22-20(23(26)27)10-6-13-25-22)11-12-21(19)28-14-5-4-9-17-7-2-1-3-8-17/h1-3,6-8,10-13,15H,4-5,9,14H2,(H,26,27). The fourth-order valence-corrected chi connectivity index (χ4v) is 2.96. The summed E-state index contributed by atoms with van der Waals surface area (Å²) in [5.41, 5.74) is 2.67. The van der Waals surface area contributed by atoms with Crippen molar-refractivity contribution < 1.29 is 14.6 Å². The van der Waals surface area contributed by atoms with E-state index in [2.05, 4.69) is 23.2 Å². The van der Waals surface area contributed by atoms with Crippen LogP contribution in [-0.4, -0.2) is 22.7 Å². The molecule has 0 unspecified atom stereocenters. The Kier molecular flexibility index (Phi) is 6.37. The average Bonchev–Trinajstić information content (AvgIpc) is 2.74. The monoisotopic (exact) mass is 372 g/mol. The van der Waals surface area contributed by atoms with E-state index in [1.807, 2.05) is 18.2 Å². The maximum Gasteiger partial charge on any atom is 0.337 e. The molecule has 0 saturated heterocycles. The van der Waals surface area contributed by atoms with Crippen LogP contribution in [0.25, 0.3) is 11.3 Å². The molecule has 1 N–H and O–H groups in total. The van der Waals surface area contributed by atoms with Crippen LogP contribution in [0, 0.1) is 11.3 Å². The Bertz CT molecular complexity index is 994. The molecule has 5 nitrogen and oxygen atoms in total. The third kappa shape index (κ3) is 4.74. The highest BCUT2D eigenvalue weighted by molar-refractivity contribution is 5.94. The van der Waals surface area contributed by atoms with Gasteiger partial charge in [0, 0.05) is 11.8 Å². The maximum absolute atomic E-state index is 11.4. The number of carbonyl (C=O) groups is 1. The molecule has 0 aliphatic carbocycles. The van der Waals surface area contributed by atoms with E-state index in [9.17, 15) is 15.2 Å². The predicted molar refractivity (Wildman–Crippen MR) is 106 cm³/mol. The second kappa shape index (κ2) is 9.33. The number of nitriles is 1. The number of aromatic carboxylic acids is 1. The Balaban J connectivity index is 1.64. The van der Waals surface area contributed by atoms with Crippen molar-refractivity contribution in [1.29, 1.82) is 5.26 Å². The lowest BCUT2D eigenvalue weighted by Crippen LogP contribution is -2.02. The van der Waals surface area contributed by atoms with Gasteiger partial charge in [0.2, 0.25) is 0 Å². The third-order valence-corrected chi connectivity index (χ3v) is 4.37. The molecule has 0 spiro atoms. The zero-order valence-electron chi connectivity index (χ0n) is 15.3. The second-order valence-electron chi connectivity index (χ2n) is 6.32. The molecule has 0 fully saturated rings. The van der Waals surface area contributed by atoms with Crippen LogP contribution in [0.5, 0.6) is 5.75 Å². The fourth-order valence-electron chi connectivity index (χ4n) is 2.96. The van der Waals surface area contributed by atoms with Crippen molar-refractivity contribution in [2.24, 2.45) is 0 Å². The molecule has 1 aromatic heterocycles. The number of hydrogen-bond acceptors (Lipinski definition) is 4. The summed E-state index contributed by atoms with van der Waals surface area (Å²) >= 11 is 0.